The molecule has 106 valence electrons. The summed E-state index contributed by atoms with van der Waals surface area (Å²) in [5, 5.41) is 13.8. The Morgan fingerprint density at radius 2 is 2.10 bits per heavy atom. The minimum Gasteiger partial charge on any atom is -0.378 e. The average molecular weight is 275 g/mol. The summed E-state index contributed by atoms with van der Waals surface area (Å²) in [6, 6.07) is 8.79. The Balaban J connectivity index is 2.01. The normalized spacial score (nSPS) is 12.2. The maximum absolute atomic E-state index is 12.1. The summed E-state index contributed by atoms with van der Waals surface area (Å²) in [4.78, 5) is 17.6. The van der Waals surface area contributed by atoms with Gasteiger partial charge in [-0.3, -0.25) is 4.79 Å². The summed E-state index contributed by atoms with van der Waals surface area (Å²) in [6.07, 6.45) is -0.511. The molecule has 0 saturated heterocycles. The van der Waals surface area contributed by atoms with Crippen molar-refractivity contribution in [3.63, 3.8) is 0 Å². The van der Waals surface area contributed by atoms with Crippen LogP contribution in [0.1, 0.15) is 30.3 Å². The van der Waals surface area contributed by atoms with E-state index in [1.165, 1.54) is 4.90 Å². The molecule has 1 heterocycles. The van der Waals surface area contributed by atoms with Gasteiger partial charge in [0.25, 0.3) is 5.91 Å². The molecule has 0 bridgehead atoms. The van der Waals surface area contributed by atoms with Gasteiger partial charge in [0.2, 0.25) is 5.89 Å². The molecule has 6 heteroatoms. The first-order valence-corrected chi connectivity index (χ1v) is 6.41. The van der Waals surface area contributed by atoms with Gasteiger partial charge in [-0.15, -0.1) is 0 Å². The third-order valence-electron chi connectivity index (χ3n) is 2.92. The Kier molecular flexibility index (Phi) is 4.47. The smallest absolute Gasteiger partial charge is 0.256 e. The van der Waals surface area contributed by atoms with Gasteiger partial charge in [0.15, 0.2) is 11.9 Å². The quantitative estimate of drug-likeness (QED) is 0.890. The first kappa shape index (κ1) is 14.2. The Morgan fingerprint density at radius 3 is 2.70 bits per heavy atom. The summed E-state index contributed by atoms with van der Waals surface area (Å²) < 4.78 is 5.03. The van der Waals surface area contributed by atoms with E-state index < -0.39 is 12.0 Å². The maximum atomic E-state index is 12.1. The third kappa shape index (κ3) is 3.21. The van der Waals surface area contributed by atoms with Gasteiger partial charge in [-0.1, -0.05) is 42.4 Å². The second-order valence-electron chi connectivity index (χ2n) is 4.47. The number of hydrogen-bond donors (Lipinski definition) is 1. The number of nitrogens with zero attached hydrogens (tertiary/aromatic N) is 3. The fourth-order valence-corrected chi connectivity index (χ4v) is 1.77. The molecule has 20 heavy (non-hydrogen) atoms. The second-order valence-corrected chi connectivity index (χ2v) is 4.47. The van der Waals surface area contributed by atoms with E-state index in [0.29, 0.717) is 23.7 Å². The van der Waals surface area contributed by atoms with Crippen molar-refractivity contribution in [3.8, 4) is 0 Å². The highest BCUT2D eigenvalue weighted by Crippen LogP contribution is 2.15. The maximum Gasteiger partial charge on any atom is 0.256 e. The van der Waals surface area contributed by atoms with Crippen LogP contribution >= 0.6 is 0 Å². The zero-order chi connectivity index (χ0) is 14.5. The lowest BCUT2D eigenvalue weighted by Crippen LogP contribution is -2.31. The van der Waals surface area contributed by atoms with Crippen molar-refractivity contribution >= 4 is 5.91 Å². The predicted octanol–water partition coefficient (Wildman–Crippen LogP) is 1.32. The lowest BCUT2D eigenvalue weighted by Gasteiger charge is -2.19. The van der Waals surface area contributed by atoms with Crippen LogP contribution in [-0.2, 0) is 17.8 Å². The zero-order valence-corrected chi connectivity index (χ0v) is 11.5. The topological polar surface area (TPSA) is 79.5 Å². The highest BCUT2D eigenvalue weighted by molar-refractivity contribution is 5.81. The predicted molar refractivity (Wildman–Crippen MR) is 71.6 cm³/mol. The van der Waals surface area contributed by atoms with Crippen LogP contribution in [0.2, 0.25) is 0 Å². The molecular formula is C14H17N3O3. The Labute approximate surface area is 117 Å². The Bertz CT molecular complexity index is 568. The number of likely N-dealkylation sites (N-methyl/N-ethyl adjacent to an activating group) is 1. The van der Waals surface area contributed by atoms with E-state index in [2.05, 4.69) is 10.1 Å². The number of rotatable bonds is 5. The molecule has 1 atom stereocenters. The van der Waals surface area contributed by atoms with Crippen molar-refractivity contribution in [2.24, 2.45) is 0 Å². The number of aryl methyl sites for hydroxylation is 1. The van der Waals surface area contributed by atoms with Gasteiger partial charge in [-0.2, -0.15) is 4.98 Å². The van der Waals surface area contributed by atoms with Gasteiger partial charge in [0.05, 0.1) is 6.54 Å². The standard InChI is InChI=1S/C14H17N3O3/c1-3-11-15-12(20-16-11)9-17(2)14(19)13(18)10-7-5-4-6-8-10/h4-8,13,18H,3,9H2,1-2H3. The minimum absolute atomic E-state index is 0.176. The van der Waals surface area contributed by atoms with Crippen molar-refractivity contribution in [2.75, 3.05) is 7.05 Å². The molecule has 6 nitrogen and oxygen atoms in total. The van der Waals surface area contributed by atoms with Crippen LogP contribution in [0.25, 0.3) is 0 Å². The summed E-state index contributed by atoms with van der Waals surface area (Å²) >= 11 is 0. The molecule has 0 aliphatic heterocycles. The zero-order valence-electron chi connectivity index (χ0n) is 11.5. The molecule has 1 amide bonds. The minimum atomic E-state index is -1.19. The van der Waals surface area contributed by atoms with Gasteiger partial charge < -0.3 is 14.5 Å². The fourth-order valence-electron chi connectivity index (χ4n) is 1.77. The summed E-state index contributed by atoms with van der Waals surface area (Å²) in [6.45, 7) is 2.10. The molecule has 0 saturated carbocycles. The van der Waals surface area contributed by atoms with Crippen molar-refractivity contribution in [1.82, 2.24) is 15.0 Å². The number of benzene rings is 1. The number of aliphatic hydroxyl groups is 1. The van der Waals surface area contributed by atoms with E-state index in [-0.39, 0.29) is 6.54 Å². The van der Waals surface area contributed by atoms with E-state index in [1.54, 1.807) is 31.3 Å². The third-order valence-corrected chi connectivity index (χ3v) is 2.92. The first-order chi connectivity index (χ1) is 9.61. The van der Waals surface area contributed by atoms with Crippen LogP contribution < -0.4 is 0 Å². The largest absolute Gasteiger partial charge is 0.378 e. The molecule has 0 fully saturated rings. The van der Waals surface area contributed by atoms with Crippen LogP contribution in [0.3, 0.4) is 0 Å². The second kappa shape index (κ2) is 6.29. The monoisotopic (exact) mass is 275 g/mol. The molecule has 1 aromatic carbocycles. The van der Waals surface area contributed by atoms with E-state index in [9.17, 15) is 9.90 Å². The lowest BCUT2D eigenvalue weighted by atomic mass is 10.1. The van der Waals surface area contributed by atoms with E-state index >= 15 is 0 Å². The molecule has 2 aromatic rings. The number of amides is 1. The van der Waals surface area contributed by atoms with Gasteiger partial charge in [0.1, 0.15) is 0 Å². The molecule has 0 radical (unpaired) electrons. The summed E-state index contributed by atoms with van der Waals surface area (Å²) in [7, 11) is 1.59. The highest BCUT2D eigenvalue weighted by Gasteiger charge is 2.22. The van der Waals surface area contributed by atoms with E-state index in [1.807, 2.05) is 13.0 Å². The number of aromatic nitrogens is 2. The van der Waals surface area contributed by atoms with Gasteiger partial charge in [0, 0.05) is 13.5 Å². The van der Waals surface area contributed by atoms with Crippen LogP contribution in [-0.4, -0.2) is 33.1 Å². The van der Waals surface area contributed by atoms with Gasteiger partial charge >= 0.3 is 0 Å². The summed E-state index contributed by atoms with van der Waals surface area (Å²) in [5.74, 6) is 0.551. The molecule has 0 aliphatic carbocycles. The van der Waals surface area contributed by atoms with Crippen molar-refractivity contribution in [1.29, 1.82) is 0 Å². The molecule has 2 rings (SSSR count). The molecule has 0 aliphatic rings. The average Bonchev–Trinajstić information content (AvgIpc) is 2.94. The van der Waals surface area contributed by atoms with Crippen molar-refractivity contribution < 1.29 is 14.4 Å². The van der Waals surface area contributed by atoms with Crippen LogP contribution in [0, 0.1) is 0 Å². The number of aliphatic hydroxyl groups excluding tert-OH is 1. The number of carbonyl (C=O) groups excluding carboxylic acids is 1. The van der Waals surface area contributed by atoms with Crippen LogP contribution in [0.15, 0.2) is 34.9 Å². The SMILES string of the molecule is CCc1noc(CN(C)C(=O)C(O)c2ccccc2)n1. The van der Waals surface area contributed by atoms with E-state index in [0.717, 1.165) is 0 Å². The van der Waals surface area contributed by atoms with Gasteiger partial charge in [-0.25, -0.2) is 0 Å². The number of hydrogen-bond acceptors (Lipinski definition) is 5. The lowest BCUT2D eigenvalue weighted by molar-refractivity contribution is -0.140. The summed E-state index contributed by atoms with van der Waals surface area (Å²) in [5.41, 5.74) is 0.559. The van der Waals surface area contributed by atoms with E-state index in [4.69, 9.17) is 4.52 Å². The molecule has 1 N–H and O–H groups in total. The van der Waals surface area contributed by atoms with Gasteiger partial charge in [-0.05, 0) is 5.56 Å². The molecule has 1 unspecified atom stereocenters. The Hall–Kier alpha value is -2.21. The van der Waals surface area contributed by atoms with Crippen LogP contribution in [0.4, 0.5) is 0 Å². The molecule has 0 spiro atoms. The Morgan fingerprint density at radius 1 is 1.40 bits per heavy atom. The molecular weight excluding hydrogens is 258 g/mol. The van der Waals surface area contributed by atoms with Crippen molar-refractivity contribution in [2.45, 2.75) is 26.0 Å². The highest BCUT2D eigenvalue weighted by atomic mass is 16.5. The first-order valence-electron chi connectivity index (χ1n) is 6.41. The molecule has 1 aromatic heterocycles. The van der Waals surface area contributed by atoms with Crippen LogP contribution in [0.5, 0.6) is 0 Å². The number of carbonyl (C=O) groups is 1. The van der Waals surface area contributed by atoms with Crippen molar-refractivity contribution in [3.05, 3.63) is 47.6 Å². The fraction of sp³-hybridized carbons (Fsp3) is 0.357.